The van der Waals surface area contributed by atoms with Crippen molar-refractivity contribution in [3.8, 4) is 0 Å². The van der Waals surface area contributed by atoms with Crippen LogP contribution in [0.3, 0.4) is 0 Å². The highest BCUT2D eigenvalue weighted by Gasteiger charge is 2.25. The highest BCUT2D eigenvalue weighted by molar-refractivity contribution is 7.99. The molecule has 1 unspecified atom stereocenters. The van der Waals surface area contributed by atoms with Crippen LogP contribution < -0.4 is 11.1 Å². The highest BCUT2D eigenvalue weighted by Crippen LogP contribution is 2.18. The predicted octanol–water partition coefficient (Wildman–Crippen LogP) is 1.16. The normalized spacial score (nSPS) is 19.9. The van der Waals surface area contributed by atoms with Crippen molar-refractivity contribution in [2.45, 2.75) is 38.6 Å². The lowest BCUT2D eigenvalue weighted by Gasteiger charge is -2.24. The molecule has 98 valence electrons. The average molecular weight is 259 g/mol. The molecule has 1 atom stereocenters. The van der Waals surface area contributed by atoms with Crippen molar-refractivity contribution < 1.29 is 10.0 Å². The van der Waals surface area contributed by atoms with Crippen LogP contribution >= 0.6 is 11.8 Å². The van der Waals surface area contributed by atoms with E-state index in [1.807, 2.05) is 18.7 Å². The van der Waals surface area contributed by atoms with Gasteiger partial charge in [0.25, 0.3) is 0 Å². The number of nitrogens with one attached hydrogen (secondary N) is 1. The minimum Gasteiger partial charge on any atom is -0.409 e. The fraction of sp³-hybridized carbons (Fsp3) is 0.818. The van der Waals surface area contributed by atoms with Crippen LogP contribution in [0, 0.1) is 5.92 Å². The summed E-state index contributed by atoms with van der Waals surface area (Å²) >= 11 is 1.92. The highest BCUT2D eigenvalue weighted by atomic mass is 32.2. The SMILES string of the molecule is CCCC(C(=O)NC1CCSCC1)C(N)=NO. The third-order valence-electron chi connectivity index (χ3n) is 2.93. The first-order chi connectivity index (χ1) is 8.19. The van der Waals surface area contributed by atoms with Crippen molar-refractivity contribution in [2.24, 2.45) is 16.8 Å². The minimum absolute atomic E-state index is 0.00883. The first kappa shape index (κ1) is 14.2. The van der Waals surface area contributed by atoms with Crippen molar-refractivity contribution >= 4 is 23.5 Å². The summed E-state index contributed by atoms with van der Waals surface area (Å²) in [6, 6.07) is 0.245. The van der Waals surface area contributed by atoms with Crippen LogP contribution in [-0.4, -0.2) is 34.5 Å². The van der Waals surface area contributed by atoms with Crippen LogP contribution in [0.25, 0.3) is 0 Å². The van der Waals surface area contributed by atoms with E-state index < -0.39 is 5.92 Å². The van der Waals surface area contributed by atoms with Gasteiger partial charge in [0.1, 0.15) is 0 Å². The molecule has 1 aliphatic heterocycles. The van der Waals surface area contributed by atoms with Crippen molar-refractivity contribution in [2.75, 3.05) is 11.5 Å². The second kappa shape index (κ2) is 7.42. The van der Waals surface area contributed by atoms with Crippen molar-refractivity contribution in [3.05, 3.63) is 0 Å². The van der Waals surface area contributed by atoms with Gasteiger partial charge >= 0.3 is 0 Å². The Hall–Kier alpha value is -0.910. The Kier molecular flexibility index (Phi) is 6.18. The summed E-state index contributed by atoms with van der Waals surface area (Å²) in [6.45, 7) is 1.97. The molecule has 5 nitrogen and oxygen atoms in total. The molecule has 1 fully saturated rings. The molecular formula is C11H21N3O2S. The number of carbonyl (C=O) groups excluding carboxylic acids is 1. The molecule has 1 rings (SSSR count). The maximum atomic E-state index is 12.0. The second-order valence-electron chi connectivity index (χ2n) is 4.26. The number of rotatable bonds is 5. The van der Waals surface area contributed by atoms with Gasteiger partial charge in [-0.15, -0.1) is 0 Å². The maximum absolute atomic E-state index is 12.0. The summed E-state index contributed by atoms with van der Waals surface area (Å²) in [5, 5.41) is 14.6. The molecule has 17 heavy (non-hydrogen) atoms. The Morgan fingerprint density at radius 1 is 1.59 bits per heavy atom. The van der Waals surface area contributed by atoms with Crippen molar-refractivity contribution in [1.82, 2.24) is 5.32 Å². The van der Waals surface area contributed by atoms with Gasteiger partial charge in [-0.05, 0) is 30.8 Å². The van der Waals surface area contributed by atoms with E-state index in [-0.39, 0.29) is 17.8 Å². The molecule has 0 aromatic rings. The van der Waals surface area contributed by atoms with Crippen molar-refractivity contribution in [3.63, 3.8) is 0 Å². The van der Waals surface area contributed by atoms with Gasteiger partial charge in [-0.25, -0.2) is 0 Å². The zero-order valence-electron chi connectivity index (χ0n) is 10.2. The third kappa shape index (κ3) is 4.46. The summed E-state index contributed by atoms with van der Waals surface area (Å²) in [5.74, 6) is 1.58. The molecule has 1 saturated heterocycles. The smallest absolute Gasteiger partial charge is 0.231 e. The van der Waals surface area contributed by atoms with E-state index in [0.29, 0.717) is 6.42 Å². The zero-order chi connectivity index (χ0) is 12.7. The van der Waals surface area contributed by atoms with Crippen LogP contribution in [0.15, 0.2) is 5.16 Å². The number of hydrogen-bond donors (Lipinski definition) is 3. The van der Waals surface area contributed by atoms with Crippen LogP contribution in [-0.2, 0) is 4.79 Å². The van der Waals surface area contributed by atoms with Gasteiger partial charge in [0, 0.05) is 6.04 Å². The average Bonchev–Trinajstić information content (AvgIpc) is 2.36. The number of nitrogens with two attached hydrogens (primary N) is 1. The molecule has 0 radical (unpaired) electrons. The second-order valence-corrected chi connectivity index (χ2v) is 5.49. The molecule has 0 aromatic heterocycles. The van der Waals surface area contributed by atoms with Gasteiger partial charge in [-0.3, -0.25) is 4.79 Å². The summed E-state index contributed by atoms with van der Waals surface area (Å²) in [7, 11) is 0. The first-order valence-electron chi connectivity index (χ1n) is 6.04. The standard InChI is InChI=1S/C11H21N3O2S/c1-2-3-9(10(12)14-16)11(15)13-8-4-6-17-7-5-8/h8-9,16H,2-7H2,1H3,(H2,12,14)(H,13,15). The Balaban J connectivity index is 2.52. The van der Waals surface area contributed by atoms with E-state index in [0.717, 1.165) is 30.8 Å². The molecule has 0 spiro atoms. The molecule has 4 N–H and O–H groups in total. The minimum atomic E-state index is -0.500. The Bertz CT molecular complexity index is 278. The molecule has 1 aliphatic rings. The summed E-state index contributed by atoms with van der Waals surface area (Å²) in [5.41, 5.74) is 5.54. The Morgan fingerprint density at radius 2 is 2.24 bits per heavy atom. The fourth-order valence-electron chi connectivity index (χ4n) is 1.92. The van der Waals surface area contributed by atoms with Gasteiger partial charge in [-0.1, -0.05) is 18.5 Å². The molecule has 0 saturated carbocycles. The van der Waals surface area contributed by atoms with E-state index in [4.69, 9.17) is 10.9 Å². The Morgan fingerprint density at radius 3 is 2.76 bits per heavy atom. The number of oxime groups is 1. The van der Waals surface area contributed by atoms with Gasteiger partial charge in [-0.2, -0.15) is 11.8 Å². The van der Waals surface area contributed by atoms with Gasteiger partial charge in [0.05, 0.1) is 5.92 Å². The lowest BCUT2D eigenvalue weighted by molar-refractivity contribution is -0.124. The quantitative estimate of drug-likeness (QED) is 0.299. The molecule has 0 aromatic carbocycles. The number of nitrogens with zero attached hydrogens (tertiary/aromatic N) is 1. The number of carbonyl (C=O) groups is 1. The van der Waals surface area contributed by atoms with E-state index >= 15 is 0 Å². The largest absolute Gasteiger partial charge is 0.409 e. The first-order valence-corrected chi connectivity index (χ1v) is 7.20. The summed E-state index contributed by atoms with van der Waals surface area (Å²) in [6.07, 6.45) is 3.45. The number of amidine groups is 1. The van der Waals surface area contributed by atoms with Crippen LogP contribution in [0.2, 0.25) is 0 Å². The van der Waals surface area contributed by atoms with Gasteiger partial charge in [0.15, 0.2) is 5.84 Å². The van der Waals surface area contributed by atoms with Gasteiger partial charge < -0.3 is 16.3 Å². The molecule has 0 aliphatic carbocycles. The molecule has 1 heterocycles. The number of thioether (sulfide) groups is 1. The monoisotopic (exact) mass is 259 g/mol. The topological polar surface area (TPSA) is 87.7 Å². The van der Waals surface area contributed by atoms with Crippen molar-refractivity contribution in [1.29, 1.82) is 0 Å². The zero-order valence-corrected chi connectivity index (χ0v) is 11.0. The molecular weight excluding hydrogens is 238 g/mol. The fourth-order valence-corrected chi connectivity index (χ4v) is 3.02. The third-order valence-corrected chi connectivity index (χ3v) is 3.98. The molecule has 0 bridgehead atoms. The van der Waals surface area contributed by atoms with E-state index in [9.17, 15) is 4.79 Å². The van der Waals surface area contributed by atoms with Crippen LogP contribution in [0.5, 0.6) is 0 Å². The maximum Gasteiger partial charge on any atom is 0.231 e. The molecule has 1 amide bonds. The summed E-state index contributed by atoms with van der Waals surface area (Å²) in [4.78, 5) is 12.0. The van der Waals surface area contributed by atoms with E-state index in [1.54, 1.807) is 0 Å². The Labute approximate surface area is 106 Å². The van der Waals surface area contributed by atoms with Crippen LogP contribution in [0.4, 0.5) is 0 Å². The number of amides is 1. The molecule has 6 heteroatoms. The van der Waals surface area contributed by atoms with E-state index in [1.165, 1.54) is 0 Å². The number of hydrogen-bond acceptors (Lipinski definition) is 4. The summed E-state index contributed by atoms with van der Waals surface area (Å²) < 4.78 is 0. The predicted molar refractivity (Wildman–Crippen MR) is 70.3 cm³/mol. The van der Waals surface area contributed by atoms with Crippen LogP contribution in [0.1, 0.15) is 32.6 Å². The lowest BCUT2D eigenvalue weighted by atomic mass is 10.0. The van der Waals surface area contributed by atoms with Gasteiger partial charge in [0.2, 0.25) is 5.91 Å². The lowest BCUT2D eigenvalue weighted by Crippen LogP contribution is -2.44. The van der Waals surface area contributed by atoms with E-state index in [2.05, 4.69) is 10.5 Å².